The first kappa shape index (κ1) is 20.4. The minimum atomic E-state index is -0.474. The van der Waals surface area contributed by atoms with Crippen molar-refractivity contribution in [1.82, 2.24) is 9.55 Å². The molecule has 3 aromatic rings. The molecular weight excluding hydrogens is 390 g/mol. The Hall–Kier alpha value is -3.31. The molecule has 0 amide bonds. The lowest BCUT2D eigenvalue weighted by atomic mass is 10.2. The molecule has 0 unspecified atom stereocenters. The maximum absolute atomic E-state index is 12.4. The highest BCUT2D eigenvalue weighted by molar-refractivity contribution is 7.99. The van der Waals surface area contributed by atoms with Gasteiger partial charge in [0.25, 0.3) is 5.56 Å². The zero-order valence-electron chi connectivity index (χ0n) is 15.6. The van der Waals surface area contributed by atoms with Gasteiger partial charge in [-0.1, -0.05) is 24.3 Å². The Morgan fingerprint density at radius 1 is 1.14 bits per heavy atom. The number of ether oxygens (including phenoxy) is 1. The Morgan fingerprint density at radius 2 is 1.90 bits per heavy atom. The summed E-state index contributed by atoms with van der Waals surface area (Å²) in [6.07, 6.45) is 0.368. The zero-order valence-corrected chi connectivity index (χ0v) is 16.4. The van der Waals surface area contributed by atoms with Gasteiger partial charge in [0.2, 0.25) is 0 Å². The van der Waals surface area contributed by atoms with Crippen LogP contribution in [0.25, 0.3) is 10.9 Å². The number of esters is 1. The van der Waals surface area contributed by atoms with Gasteiger partial charge in [-0.15, -0.1) is 11.8 Å². The molecule has 0 aliphatic rings. The Morgan fingerprint density at radius 3 is 2.66 bits per heavy atom. The second-order valence-corrected chi connectivity index (χ2v) is 7.29. The lowest BCUT2D eigenvalue weighted by molar-refractivity contribution is -0.140. The summed E-state index contributed by atoms with van der Waals surface area (Å²) in [4.78, 5) is 39.0. The number of hydrogen-bond acceptors (Lipinski definition) is 6. The quantitative estimate of drug-likeness (QED) is 0.453. The number of rotatable bonds is 8. The molecular formula is C21H19N3O4S. The number of nitrogens with zero attached hydrogens (tertiary/aromatic N) is 2. The Bertz CT molecular complexity index is 1160. The van der Waals surface area contributed by atoms with Crippen LogP contribution < -0.4 is 11.2 Å². The van der Waals surface area contributed by atoms with E-state index in [1.165, 1.54) is 11.8 Å². The Balaban J connectivity index is 1.43. The number of nitrogens with one attached hydrogen (secondary N) is 1. The molecule has 1 heterocycles. The van der Waals surface area contributed by atoms with Gasteiger partial charge in [-0.05, 0) is 36.2 Å². The smallest absolute Gasteiger partial charge is 0.328 e. The molecule has 0 fully saturated rings. The number of carbonyl (C=O) groups excluding carboxylic acids is 1. The van der Waals surface area contributed by atoms with Gasteiger partial charge in [-0.2, -0.15) is 5.26 Å². The van der Waals surface area contributed by atoms with Crippen molar-refractivity contribution in [2.24, 2.45) is 0 Å². The molecule has 0 saturated heterocycles. The largest absolute Gasteiger partial charge is 0.465 e. The first-order chi connectivity index (χ1) is 14.1. The zero-order chi connectivity index (χ0) is 20.6. The topological polar surface area (TPSA) is 105 Å². The van der Waals surface area contributed by atoms with Crippen molar-refractivity contribution in [3.63, 3.8) is 0 Å². The van der Waals surface area contributed by atoms with Crippen LogP contribution in [-0.2, 0) is 21.8 Å². The van der Waals surface area contributed by atoms with Crippen LogP contribution >= 0.6 is 11.8 Å². The van der Waals surface area contributed by atoms with Crippen LogP contribution in [0.4, 0.5) is 0 Å². The van der Waals surface area contributed by atoms with Crippen molar-refractivity contribution in [2.45, 2.75) is 18.7 Å². The SMILES string of the molecule is N#Cc1ccc(CSCC(=O)OCCCn2c(=O)[nH]c3ccccc3c2=O)cc1. The number of aromatic nitrogens is 2. The normalized spacial score (nSPS) is 10.6. The third-order valence-electron chi connectivity index (χ3n) is 4.25. The Kier molecular flexibility index (Phi) is 6.87. The fraction of sp³-hybridized carbons (Fsp3) is 0.238. The molecule has 0 bridgehead atoms. The lowest BCUT2D eigenvalue weighted by Gasteiger charge is -2.07. The number of aromatic amines is 1. The third-order valence-corrected chi connectivity index (χ3v) is 5.23. The number of hydrogen-bond donors (Lipinski definition) is 1. The van der Waals surface area contributed by atoms with Gasteiger partial charge < -0.3 is 9.72 Å². The number of nitriles is 1. The molecule has 7 nitrogen and oxygen atoms in total. The number of thioether (sulfide) groups is 1. The van der Waals surface area contributed by atoms with Crippen LogP contribution in [0.1, 0.15) is 17.5 Å². The van der Waals surface area contributed by atoms with E-state index in [2.05, 4.69) is 11.1 Å². The summed E-state index contributed by atoms with van der Waals surface area (Å²) >= 11 is 1.42. The van der Waals surface area contributed by atoms with Crippen molar-refractivity contribution in [3.05, 3.63) is 80.5 Å². The van der Waals surface area contributed by atoms with Crippen molar-refractivity contribution < 1.29 is 9.53 Å². The molecule has 1 N–H and O–H groups in total. The molecule has 1 aromatic heterocycles. The van der Waals surface area contributed by atoms with E-state index >= 15 is 0 Å². The first-order valence-electron chi connectivity index (χ1n) is 9.03. The van der Waals surface area contributed by atoms with Crippen LogP contribution in [0.5, 0.6) is 0 Å². The second-order valence-electron chi connectivity index (χ2n) is 6.31. The van der Waals surface area contributed by atoms with E-state index in [0.29, 0.717) is 28.6 Å². The number of para-hydroxylation sites is 1. The van der Waals surface area contributed by atoms with Crippen LogP contribution in [-0.4, -0.2) is 27.9 Å². The van der Waals surface area contributed by atoms with Crippen LogP contribution in [0, 0.1) is 11.3 Å². The molecule has 0 radical (unpaired) electrons. The molecule has 29 heavy (non-hydrogen) atoms. The number of H-pyrrole nitrogens is 1. The summed E-state index contributed by atoms with van der Waals surface area (Å²) in [6, 6.07) is 16.1. The van der Waals surface area contributed by atoms with Crippen LogP contribution in [0.15, 0.2) is 58.1 Å². The summed E-state index contributed by atoms with van der Waals surface area (Å²) in [6.45, 7) is 0.305. The van der Waals surface area contributed by atoms with E-state index < -0.39 is 5.69 Å². The van der Waals surface area contributed by atoms with Crippen LogP contribution in [0.2, 0.25) is 0 Å². The van der Waals surface area contributed by atoms with E-state index in [0.717, 1.165) is 10.1 Å². The van der Waals surface area contributed by atoms with Crippen molar-refractivity contribution in [1.29, 1.82) is 5.26 Å². The standard InChI is InChI=1S/C21H19N3O4S/c22-12-15-6-8-16(9-7-15)13-29-14-19(25)28-11-3-10-24-20(26)17-4-1-2-5-18(17)23-21(24)27/h1-2,4-9H,3,10-11,13-14H2,(H,23,27). The number of benzene rings is 2. The molecule has 2 aromatic carbocycles. The summed E-state index contributed by atoms with van der Waals surface area (Å²) < 4.78 is 6.30. The predicted octanol–water partition coefficient (Wildman–Crippen LogP) is 2.43. The van der Waals surface area contributed by atoms with E-state index in [1.54, 1.807) is 36.4 Å². The van der Waals surface area contributed by atoms with Gasteiger partial charge in [0.05, 0.1) is 34.9 Å². The number of fused-ring (bicyclic) bond motifs is 1. The molecule has 148 valence electrons. The van der Waals surface area contributed by atoms with Gasteiger partial charge >= 0.3 is 11.7 Å². The molecule has 0 aliphatic carbocycles. The van der Waals surface area contributed by atoms with Gasteiger partial charge in [-0.25, -0.2) is 4.79 Å². The molecule has 0 spiro atoms. The molecule has 3 rings (SSSR count). The highest BCUT2D eigenvalue weighted by Gasteiger charge is 2.08. The summed E-state index contributed by atoms with van der Waals surface area (Å²) in [7, 11) is 0. The van der Waals surface area contributed by atoms with Gasteiger partial charge in [0.15, 0.2) is 0 Å². The average Bonchev–Trinajstić information content (AvgIpc) is 2.73. The van der Waals surface area contributed by atoms with Gasteiger partial charge in [0.1, 0.15) is 0 Å². The van der Waals surface area contributed by atoms with Gasteiger partial charge in [-0.3, -0.25) is 14.2 Å². The minimum absolute atomic E-state index is 0.134. The van der Waals surface area contributed by atoms with E-state index in [9.17, 15) is 14.4 Å². The van der Waals surface area contributed by atoms with Crippen molar-refractivity contribution >= 4 is 28.6 Å². The lowest BCUT2D eigenvalue weighted by Crippen LogP contribution is -2.35. The number of carbonyl (C=O) groups is 1. The minimum Gasteiger partial charge on any atom is -0.465 e. The molecule has 0 aliphatic heterocycles. The fourth-order valence-electron chi connectivity index (χ4n) is 2.78. The molecule has 8 heteroatoms. The summed E-state index contributed by atoms with van der Waals surface area (Å²) in [5.41, 5.74) is 1.30. The first-order valence-corrected chi connectivity index (χ1v) is 10.2. The predicted molar refractivity (Wildman–Crippen MR) is 112 cm³/mol. The highest BCUT2D eigenvalue weighted by Crippen LogP contribution is 2.13. The van der Waals surface area contributed by atoms with Crippen LogP contribution in [0.3, 0.4) is 0 Å². The average molecular weight is 409 g/mol. The summed E-state index contributed by atoms with van der Waals surface area (Å²) in [5, 5.41) is 9.22. The van der Waals surface area contributed by atoms with Crippen molar-refractivity contribution in [2.75, 3.05) is 12.4 Å². The Labute approximate surface area is 170 Å². The highest BCUT2D eigenvalue weighted by atomic mass is 32.2. The van der Waals surface area contributed by atoms with Gasteiger partial charge in [0, 0.05) is 12.3 Å². The van der Waals surface area contributed by atoms with Crippen molar-refractivity contribution in [3.8, 4) is 6.07 Å². The second kappa shape index (κ2) is 9.75. The fourth-order valence-corrected chi connectivity index (χ4v) is 3.56. The van der Waals surface area contributed by atoms with E-state index in [-0.39, 0.29) is 30.4 Å². The van der Waals surface area contributed by atoms with E-state index in [4.69, 9.17) is 10.00 Å². The monoisotopic (exact) mass is 409 g/mol. The maximum Gasteiger partial charge on any atom is 0.328 e. The third kappa shape index (κ3) is 5.36. The summed E-state index contributed by atoms with van der Waals surface area (Å²) in [5.74, 6) is 0.502. The molecule has 0 atom stereocenters. The van der Waals surface area contributed by atoms with E-state index in [1.807, 2.05) is 12.1 Å². The maximum atomic E-state index is 12.4. The molecule has 0 saturated carbocycles.